The van der Waals surface area contributed by atoms with Crippen LogP contribution in [0.1, 0.15) is 11.1 Å². The zero-order chi connectivity index (χ0) is 18.2. The highest BCUT2D eigenvalue weighted by Gasteiger charge is 2.07. The minimum absolute atomic E-state index is 0.207. The van der Waals surface area contributed by atoms with Crippen molar-refractivity contribution < 1.29 is 19.1 Å². The molecule has 6 nitrogen and oxygen atoms in total. The summed E-state index contributed by atoms with van der Waals surface area (Å²) in [4.78, 5) is 23.3. The third kappa shape index (κ3) is 6.35. The van der Waals surface area contributed by atoms with E-state index < -0.39 is 11.8 Å². The number of aryl methyl sites for hydroxylation is 2. The molecule has 0 atom stereocenters. The first kappa shape index (κ1) is 18.6. The maximum atomic E-state index is 11.7. The Morgan fingerprint density at radius 1 is 0.920 bits per heavy atom. The summed E-state index contributed by atoms with van der Waals surface area (Å²) < 4.78 is 10.7. The molecule has 0 radical (unpaired) electrons. The SMILES string of the molecule is Cc1cccc(OCC(=O)NNC(=O)COc2ccc(Cl)c(C)c2)c1. The molecule has 0 fully saturated rings. The highest BCUT2D eigenvalue weighted by molar-refractivity contribution is 6.31. The Morgan fingerprint density at radius 3 is 2.08 bits per heavy atom. The molecular weight excluding hydrogens is 344 g/mol. The van der Waals surface area contributed by atoms with Crippen molar-refractivity contribution in [2.75, 3.05) is 13.2 Å². The summed E-state index contributed by atoms with van der Waals surface area (Å²) in [6.45, 7) is 3.32. The van der Waals surface area contributed by atoms with Gasteiger partial charge in [0.15, 0.2) is 13.2 Å². The standard InChI is InChI=1S/C18H19ClN2O4/c1-12-4-3-5-14(8-12)24-10-17(22)20-21-18(23)11-25-15-6-7-16(19)13(2)9-15/h3-9H,10-11H2,1-2H3,(H,20,22)(H,21,23). The molecule has 2 aromatic carbocycles. The molecular formula is C18H19ClN2O4. The molecule has 0 spiro atoms. The quantitative estimate of drug-likeness (QED) is 0.774. The van der Waals surface area contributed by atoms with Gasteiger partial charge in [-0.15, -0.1) is 0 Å². The first-order chi connectivity index (χ1) is 11.9. The van der Waals surface area contributed by atoms with Crippen LogP contribution in [0.15, 0.2) is 42.5 Å². The number of carbonyl (C=O) groups excluding carboxylic acids is 2. The largest absolute Gasteiger partial charge is 0.484 e. The average molecular weight is 363 g/mol. The van der Waals surface area contributed by atoms with E-state index in [1.54, 1.807) is 24.3 Å². The monoisotopic (exact) mass is 362 g/mol. The predicted octanol–water partition coefficient (Wildman–Crippen LogP) is 2.56. The van der Waals surface area contributed by atoms with Crippen LogP contribution in [-0.4, -0.2) is 25.0 Å². The summed E-state index contributed by atoms with van der Waals surface area (Å²) in [6.07, 6.45) is 0. The molecule has 0 bridgehead atoms. The number of ether oxygens (including phenoxy) is 2. The van der Waals surface area contributed by atoms with Gasteiger partial charge in [-0.3, -0.25) is 20.4 Å². The molecule has 0 saturated heterocycles. The van der Waals surface area contributed by atoms with E-state index in [9.17, 15) is 9.59 Å². The predicted molar refractivity (Wildman–Crippen MR) is 94.6 cm³/mol. The van der Waals surface area contributed by atoms with Crippen molar-refractivity contribution >= 4 is 23.4 Å². The minimum Gasteiger partial charge on any atom is -0.484 e. The van der Waals surface area contributed by atoms with Gasteiger partial charge in [0.2, 0.25) is 0 Å². The zero-order valence-corrected chi connectivity index (χ0v) is 14.7. The Kier molecular flexibility index (Phi) is 6.65. The van der Waals surface area contributed by atoms with Crippen molar-refractivity contribution in [2.24, 2.45) is 0 Å². The summed E-state index contributed by atoms with van der Waals surface area (Å²) in [5, 5.41) is 0.623. The number of benzene rings is 2. The van der Waals surface area contributed by atoms with Crippen LogP contribution in [0.2, 0.25) is 5.02 Å². The average Bonchev–Trinajstić information content (AvgIpc) is 2.59. The van der Waals surface area contributed by atoms with Crippen LogP contribution in [0.4, 0.5) is 0 Å². The van der Waals surface area contributed by atoms with Gasteiger partial charge in [0, 0.05) is 5.02 Å². The van der Waals surface area contributed by atoms with E-state index in [0.29, 0.717) is 16.5 Å². The maximum absolute atomic E-state index is 11.7. The molecule has 0 heterocycles. The van der Waals surface area contributed by atoms with Gasteiger partial charge in [-0.2, -0.15) is 0 Å². The maximum Gasteiger partial charge on any atom is 0.276 e. The van der Waals surface area contributed by atoms with Gasteiger partial charge in [0.25, 0.3) is 11.8 Å². The third-order valence-corrected chi connectivity index (χ3v) is 3.62. The molecule has 0 aromatic heterocycles. The molecule has 2 rings (SSSR count). The van der Waals surface area contributed by atoms with Crippen LogP contribution in [0, 0.1) is 13.8 Å². The van der Waals surface area contributed by atoms with E-state index in [2.05, 4.69) is 10.9 Å². The van der Waals surface area contributed by atoms with Crippen LogP contribution in [0.3, 0.4) is 0 Å². The number of hydrazine groups is 1. The van der Waals surface area contributed by atoms with Crippen LogP contribution >= 0.6 is 11.6 Å². The van der Waals surface area contributed by atoms with Crippen molar-refractivity contribution in [3.63, 3.8) is 0 Å². The van der Waals surface area contributed by atoms with Crippen molar-refractivity contribution in [2.45, 2.75) is 13.8 Å². The summed E-state index contributed by atoms with van der Waals surface area (Å²) in [6, 6.07) is 12.4. The molecule has 0 aliphatic carbocycles. The van der Waals surface area contributed by atoms with Crippen molar-refractivity contribution in [1.29, 1.82) is 0 Å². The molecule has 0 unspecified atom stereocenters. The van der Waals surface area contributed by atoms with E-state index in [0.717, 1.165) is 11.1 Å². The lowest BCUT2D eigenvalue weighted by Crippen LogP contribution is -2.45. The Bertz CT molecular complexity index is 764. The van der Waals surface area contributed by atoms with Gasteiger partial charge in [0.05, 0.1) is 0 Å². The highest BCUT2D eigenvalue weighted by atomic mass is 35.5. The smallest absolute Gasteiger partial charge is 0.276 e. The second-order valence-electron chi connectivity index (χ2n) is 5.40. The molecule has 132 valence electrons. The number of halogens is 1. The summed E-state index contributed by atoms with van der Waals surface area (Å²) >= 11 is 5.92. The van der Waals surface area contributed by atoms with Crippen LogP contribution in [0.5, 0.6) is 11.5 Å². The summed E-state index contributed by atoms with van der Waals surface area (Å²) in [5.41, 5.74) is 6.39. The number of rotatable bonds is 6. The van der Waals surface area contributed by atoms with Crippen LogP contribution in [-0.2, 0) is 9.59 Å². The van der Waals surface area contributed by atoms with E-state index in [4.69, 9.17) is 21.1 Å². The fourth-order valence-electron chi connectivity index (χ4n) is 1.92. The van der Waals surface area contributed by atoms with Crippen LogP contribution < -0.4 is 20.3 Å². The Morgan fingerprint density at radius 2 is 1.52 bits per heavy atom. The van der Waals surface area contributed by atoms with Gasteiger partial charge in [0.1, 0.15) is 11.5 Å². The molecule has 2 aromatic rings. The second-order valence-corrected chi connectivity index (χ2v) is 5.81. The number of carbonyl (C=O) groups is 2. The lowest BCUT2D eigenvalue weighted by molar-refractivity contribution is -0.131. The Hall–Kier alpha value is -2.73. The van der Waals surface area contributed by atoms with E-state index >= 15 is 0 Å². The fourth-order valence-corrected chi connectivity index (χ4v) is 2.04. The molecule has 7 heteroatoms. The van der Waals surface area contributed by atoms with Gasteiger partial charge in [-0.25, -0.2) is 0 Å². The van der Waals surface area contributed by atoms with Gasteiger partial charge >= 0.3 is 0 Å². The van der Waals surface area contributed by atoms with Crippen molar-refractivity contribution in [1.82, 2.24) is 10.9 Å². The molecule has 0 aliphatic rings. The van der Waals surface area contributed by atoms with Gasteiger partial charge < -0.3 is 9.47 Å². The minimum atomic E-state index is -0.489. The van der Waals surface area contributed by atoms with E-state index in [1.807, 2.05) is 32.0 Å². The topological polar surface area (TPSA) is 76.7 Å². The molecule has 0 aliphatic heterocycles. The molecule has 25 heavy (non-hydrogen) atoms. The van der Waals surface area contributed by atoms with Gasteiger partial charge in [-0.05, 0) is 55.3 Å². The normalized spacial score (nSPS) is 10.0. The number of hydrogen-bond acceptors (Lipinski definition) is 4. The van der Waals surface area contributed by atoms with Crippen molar-refractivity contribution in [3.05, 3.63) is 58.6 Å². The van der Waals surface area contributed by atoms with Gasteiger partial charge in [-0.1, -0.05) is 23.7 Å². The summed E-state index contributed by atoms with van der Waals surface area (Å²) in [5.74, 6) is 0.141. The molecule has 2 N–H and O–H groups in total. The Labute approximate surface area is 151 Å². The number of hydrogen-bond donors (Lipinski definition) is 2. The van der Waals surface area contributed by atoms with E-state index in [1.165, 1.54) is 0 Å². The van der Waals surface area contributed by atoms with Crippen molar-refractivity contribution in [3.8, 4) is 11.5 Å². The fraction of sp³-hybridized carbons (Fsp3) is 0.222. The summed E-state index contributed by atoms with van der Waals surface area (Å²) in [7, 11) is 0. The Balaban J connectivity index is 1.68. The molecule has 0 saturated carbocycles. The third-order valence-electron chi connectivity index (χ3n) is 3.20. The van der Waals surface area contributed by atoms with E-state index in [-0.39, 0.29) is 13.2 Å². The first-order valence-corrected chi connectivity index (χ1v) is 7.98. The molecule has 2 amide bonds. The number of nitrogens with one attached hydrogen (secondary N) is 2. The zero-order valence-electron chi connectivity index (χ0n) is 14.0. The second kappa shape index (κ2) is 8.94. The lowest BCUT2D eigenvalue weighted by atomic mass is 10.2. The number of amides is 2. The van der Waals surface area contributed by atoms with Crippen LogP contribution in [0.25, 0.3) is 0 Å². The highest BCUT2D eigenvalue weighted by Crippen LogP contribution is 2.20. The lowest BCUT2D eigenvalue weighted by Gasteiger charge is -2.10. The first-order valence-electron chi connectivity index (χ1n) is 7.60.